The fraction of sp³-hybridized carbons (Fsp3) is 1.00. The number of epoxide rings is 1. The van der Waals surface area contributed by atoms with E-state index in [1.54, 1.807) is 0 Å². The minimum atomic E-state index is -0.169. The van der Waals surface area contributed by atoms with Crippen LogP contribution in [0.3, 0.4) is 0 Å². The molecule has 1 heterocycles. The molecule has 0 radical (unpaired) electrons. The Morgan fingerprint density at radius 2 is 1.38 bits per heavy atom. The predicted octanol–water partition coefficient (Wildman–Crippen LogP) is 7.15. The molecule has 194 valence electrons. The second-order valence-electron chi connectivity index (χ2n) is 15.9. The van der Waals surface area contributed by atoms with E-state index < -0.39 is 0 Å². The molecule has 0 aromatic rings. The molecule has 10 atom stereocenters. The van der Waals surface area contributed by atoms with Gasteiger partial charge >= 0.3 is 0 Å². The summed E-state index contributed by atoms with van der Waals surface area (Å²) in [7, 11) is 1.93. The number of fused-ring (bicyclic) bond motifs is 4. The summed E-state index contributed by atoms with van der Waals surface area (Å²) in [5.41, 5.74) is 1.37. The van der Waals surface area contributed by atoms with E-state index in [2.05, 4.69) is 48.5 Å². The molecule has 0 spiro atoms. The van der Waals surface area contributed by atoms with Gasteiger partial charge in [0.15, 0.2) is 0 Å². The quantitative estimate of drug-likeness (QED) is 0.412. The van der Waals surface area contributed by atoms with Crippen LogP contribution in [0, 0.1) is 44.8 Å². The summed E-state index contributed by atoms with van der Waals surface area (Å²) in [6.45, 7) is 17.6. The average molecular weight is 473 g/mol. The number of hydrogen-bond acceptors (Lipinski definition) is 3. The Labute approximate surface area is 209 Å². The highest BCUT2D eigenvalue weighted by Gasteiger charge is 2.83. The third-order valence-corrected chi connectivity index (χ3v) is 14.2. The lowest BCUT2D eigenvalue weighted by Crippen LogP contribution is -2.60. The van der Waals surface area contributed by atoms with Crippen LogP contribution in [0.25, 0.3) is 0 Å². The second kappa shape index (κ2) is 6.84. The third-order valence-electron chi connectivity index (χ3n) is 14.2. The Bertz CT molecular complexity index is 865. The van der Waals surface area contributed by atoms with E-state index in [1.165, 1.54) is 57.8 Å². The van der Waals surface area contributed by atoms with E-state index in [9.17, 15) is 5.11 Å². The smallest absolute Gasteiger partial charge is 0.104 e. The van der Waals surface area contributed by atoms with Crippen LogP contribution in [-0.2, 0) is 9.47 Å². The van der Waals surface area contributed by atoms with Gasteiger partial charge < -0.3 is 14.6 Å². The first-order valence-corrected chi connectivity index (χ1v) is 14.6. The Balaban J connectivity index is 1.37. The van der Waals surface area contributed by atoms with E-state index in [0.29, 0.717) is 22.9 Å². The van der Waals surface area contributed by atoms with E-state index in [-0.39, 0.29) is 33.6 Å². The number of aliphatic hydroxyl groups is 1. The van der Waals surface area contributed by atoms with Gasteiger partial charge in [0.25, 0.3) is 0 Å². The van der Waals surface area contributed by atoms with E-state index in [1.807, 2.05) is 7.11 Å². The van der Waals surface area contributed by atoms with Crippen molar-refractivity contribution in [3.05, 3.63) is 0 Å². The Hall–Kier alpha value is -0.120. The summed E-state index contributed by atoms with van der Waals surface area (Å²) in [6.07, 6.45) is 13.8. The molecule has 6 aliphatic rings. The first-order valence-electron chi connectivity index (χ1n) is 14.6. The molecule has 6 fully saturated rings. The number of hydrogen-bond donors (Lipinski definition) is 1. The summed E-state index contributed by atoms with van der Waals surface area (Å²) >= 11 is 0. The van der Waals surface area contributed by atoms with E-state index in [0.717, 1.165) is 24.7 Å². The highest BCUT2D eigenvalue weighted by Crippen LogP contribution is 2.80. The minimum absolute atomic E-state index is 0.0114. The molecule has 1 N–H and O–H groups in total. The van der Waals surface area contributed by atoms with Crippen molar-refractivity contribution in [2.24, 2.45) is 44.8 Å². The van der Waals surface area contributed by atoms with Gasteiger partial charge in [-0.25, -0.2) is 0 Å². The van der Waals surface area contributed by atoms with Crippen LogP contribution >= 0.6 is 0 Å². The lowest BCUT2D eigenvalue weighted by Gasteiger charge is -2.64. The molecule has 6 rings (SSSR count). The molecule has 5 saturated carbocycles. The Kier molecular flexibility index (Phi) is 4.88. The molecular formula is C31H52O3. The fourth-order valence-electron chi connectivity index (χ4n) is 12.6. The summed E-state index contributed by atoms with van der Waals surface area (Å²) < 4.78 is 13.2. The van der Waals surface area contributed by atoms with Crippen molar-refractivity contribution in [1.82, 2.24) is 0 Å². The van der Waals surface area contributed by atoms with Gasteiger partial charge in [-0.05, 0) is 110 Å². The molecule has 3 nitrogen and oxygen atoms in total. The zero-order valence-electron chi connectivity index (χ0n) is 23.4. The minimum Gasteiger partial charge on any atom is -0.393 e. The molecule has 34 heavy (non-hydrogen) atoms. The number of aliphatic hydroxyl groups excluding tert-OH is 1. The Morgan fingerprint density at radius 1 is 0.706 bits per heavy atom. The van der Waals surface area contributed by atoms with Crippen molar-refractivity contribution in [3.8, 4) is 0 Å². The molecule has 0 aromatic carbocycles. The van der Waals surface area contributed by atoms with Gasteiger partial charge in [-0.3, -0.25) is 0 Å². The van der Waals surface area contributed by atoms with Gasteiger partial charge in [-0.1, -0.05) is 48.5 Å². The van der Waals surface area contributed by atoms with Crippen LogP contribution < -0.4 is 0 Å². The van der Waals surface area contributed by atoms with Gasteiger partial charge in [0.2, 0.25) is 0 Å². The normalized spacial score (nSPS) is 59.4. The summed E-state index contributed by atoms with van der Waals surface area (Å²) in [4.78, 5) is 0. The van der Waals surface area contributed by atoms with Crippen molar-refractivity contribution in [1.29, 1.82) is 0 Å². The molecule has 0 amide bonds. The Morgan fingerprint density at radius 3 is 2.09 bits per heavy atom. The SMILES string of the molecule is CO[C@@H]1CC[C@@]2(C)[C@@H](CC[C@@]3(C)C[C@]45CC[C@H]6C(C)(C)[C@H](O)CC[C@]6(C)[C@@]4(CC[C@@H]32)O5)C1(C)C. The maximum atomic E-state index is 11.0. The average Bonchev–Trinajstić information content (AvgIpc) is 3.40. The molecule has 3 heteroatoms. The maximum Gasteiger partial charge on any atom is 0.104 e. The summed E-state index contributed by atoms with van der Waals surface area (Å²) in [5.74, 6) is 2.09. The van der Waals surface area contributed by atoms with Gasteiger partial charge in [-0.2, -0.15) is 0 Å². The number of rotatable bonds is 1. The van der Waals surface area contributed by atoms with Crippen LogP contribution in [0.2, 0.25) is 0 Å². The predicted molar refractivity (Wildman–Crippen MR) is 136 cm³/mol. The second-order valence-corrected chi connectivity index (χ2v) is 15.9. The summed E-state index contributed by atoms with van der Waals surface area (Å²) in [6, 6.07) is 0. The fourth-order valence-corrected chi connectivity index (χ4v) is 12.6. The van der Waals surface area contributed by atoms with Crippen molar-refractivity contribution in [2.75, 3.05) is 7.11 Å². The van der Waals surface area contributed by atoms with Crippen LogP contribution in [-0.4, -0.2) is 35.6 Å². The monoisotopic (exact) mass is 472 g/mol. The van der Waals surface area contributed by atoms with Crippen LogP contribution in [0.5, 0.6) is 0 Å². The summed E-state index contributed by atoms with van der Waals surface area (Å²) in [5, 5.41) is 11.0. The van der Waals surface area contributed by atoms with Crippen molar-refractivity contribution in [3.63, 3.8) is 0 Å². The molecule has 0 unspecified atom stereocenters. The molecule has 0 aromatic heterocycles. The first-order chi connectivity index (χ1) is 15.7. The van der Waals surface area contributed by atoms with Crippen molar-refractivity contribution in [2.45, 2.75) is 143 Å². The highest BCUT2D eigenvalue weighted by atomic mass is 16.6. The van der Waals surface area contributed by atoms with Crippen LogP contribution in [0.15, 0.2) is 0 Å². The molecule has 1 saturated heterocycles. The first kappa shape index (κ1) is 24.2. The molecule has 0 bridgehead atoms. The van der Waals surface area contributed by atoms with Crippen LogP contribution in [0.4, 0.5) is 0 Å². The standard InChI is InChI=1S/C31H52O3/c1-25(2)21-10-17-30-19-27(5)14-9-20-26(3,4)24(33-8)13-15-28(20,6)22(27)11-18-31(30,34-30)29(21,7)16-12-23(25)32/h20-24,32H,9-19H2,1-8H3/t20-,21-,22-,23+,24+,27-,28-,29-,30+,31+/m0/s1. The molecule has 5 aliphatic carbocycles. The number of ether oxygens (including phenoxy) is 2. The van der Waals surface area contributed by atoms with Crippen molar-refractivity contribution < 1.29 is 14.6 Å². The lowest BCUT2D eigenvalue weighted by atomic mass is 9.41. The highest BCUT2D eigenvalue weighted by molar-refractivity contribution is 5.31. The van der Waals surface area contributed by atoms with Crippen molar-refractivity contribution >= 4 is 0 Å². The topological polar surface area (TPSA) is 42.0 Å². The maximum absolute atomic E-state index is 11.0. The van der Waals surface area contributed by atoms with E-state index in [4.69, 9.17) is 9.47 Å². The van der Waals surface area contributed by atoms with Gasteiger partial charge in [0.05, 0.1) is 17.8 Å². The zero-order valence-corrected chi connectivity index (χ0v) is 23.4. The largest absolute Gasteiger partial charge is 0.393 e. The number of methoxy groups -OCH3 is 1. The van der Waals surface area contributed by atoms with Gasteiger partial charge in [0.1, 0.15) is 5.60 Å². The lowest BCUT2D eigenvalue weighted by molar-refractivity contribution is -0.182. The third kappa shape index (κ3) is 2.61. The molecular weight excluding hydrogens is 420 g/mol. The van der Waals surface area contributed by atoms with Crippen LogP contribution in [0.1, 0.15) is 119 Å². The van der Waals surface area contributed by atoms with E-state index >= 15 is 0 Å². The van der Waals surface area contributed by atoms with Gasteiger partial charge in [0, 0.05) is 12.5 Å². The zero-order chi connectivity index (χ0) is 24.6. The van der Waals surface area contributed by atoms with Gasteiger partial charge in [-0.15, -0.1) is 0 Å². The molecule has 1 aliphatic heterocycles.